The molecule has 1 aliphatic heterocycles. The third-order valence-electron chi connectivity index (χ3n) is 2.50. The molecular weight excluding hydrogens is 198 g/mol. The molecule has 0 spiro atoms. The minimum atomic E-state index is 0.414. The van der Waals surface area contributed by atoms with Crippen molar-refractivity contribution in [1.29, 1.82) is 0 Å². The first-order valence-corrected chi connectivity index (χ1v) is 5.86. The van der Waals surface area contributed by atoms with Gasteiger partial charge in [0, 0.05) is 25.6 Å². The van der Waals surface area contributed by atoms with Crippen molar-refractivity contribution in [2.45, 2.75) is 25.9 Å². The third kappa shape index (κ3) is 3.99. The van der Waals surface area contributed by atoms with E-state index in [1.807, 2.05) is 0 Å². The van der Waals surface area contributed by atoms with Crippen LogP contribution in [0.1, 0.15) is 19.8 Å². The van der Waals surface area contributed by atoms with E-state index in [0.29, 0.717) is 12.0 Å². The van der Waals surface area contributed by atoms with Crippen LogP contribution in [0.2, 0.25) is 0 Å². The fourth-order valence-electron chi connectivity index (χ4n) is 1.89. The van der Waals surface area contributed by atoms with Gasteiger partial charge in [0.05, 0.1) is 6.10 Å². The minimum Gasteiger partial charge on any atom is -0.377 e. The summed E-state index contributed by atoms with van der Waals surface area (Å²) in [4.78, 5) is 2.38. The summed E-state index contributed by atoms with van der Waals surface area (Å²) >= 11 is 5.71. The summed E-state index contributed by atoms with van der Waals surface area (Å²) in [5.41, 5.74) is 1.10. The molecule has 0 saturated carbocycles. The molecule has 1 saturated heterocycles. The molecule has 1 aliphatic rings. The van der Waals surface area contributed by atoms with Gasteiger partial charge >= 0.3 is 0 Å². The molecule has 0 aliphatic carbocycles. The highest BCUT2D eigenvalue weighted by Crippen LogP contribution is 2.14. The molecule has 2 nitrogen and oxygen atoms in total. The van der Waals surface area contributed by atoms with Crippen LogP contribution < -0.4 is 0 Å². The van der Waals surface area contributed by atoms with Crippen molar-refractivity contribution in [2.75, 3.05) is 32.1 Å². The van der Waals surface area contributed by atoms with Crippen LogP contribution in [0.25, 0.3) is 0 Å². The number of piperidine rings is 1. The quantitative estimate of drug-likeness (QED) is 0.518. The largest absolute Gasteiger partial charge is 0.377 e. The Balaban J connectivity index is 2.28. The summed E-state index contributed by atoms with van der Waals surface area (Å²) in [6, 6.07) is 0. The van der Waals surface area contributed by atoms with Gasteiger partial charge in [0.15, 0.2) is 0 Å². The van der Waals surface area contributed by atoms with E-state index >= 15 is 0 Å². The van der Waals surface area contributed by atoms with E-state index in [4.69, 9.17) is 16.3 Å². The normalized spacial score (nSPS) is 23.7. The number of halogens is 1. The molecule has 3 heteroatoms. The third-order valence-corrected chi connectivity index (χ3v) is 2.88. The van der Waals surface area contributed by atoms with Crippen LogP contribution in [0.3, 0.4) is 0 Å². The number of likely N-dealkylation sites (tertiary alicyclic amines) is 1. The Morgan fingerprint density at radius 1 is 1.64 bits per heavy atom. The van der Waals surface area contributed by atoms with Gasteiger partial charge < -0.3 is 4.74 Å². The molecule has 1 unspecified atom stereocenters. The highest BCUT2D eigenvalue weighted by Gasteiger charge is 2.19. The molecule has 1 heterocycles. The van der Waals surface area contributed by atoms with E-state index in [9.17, 15) is 0 Å². The summed E-state index contributed by atoms with van der Waals surface area (Å²) in [7, 11) is 0. The molecule has 82 valence electrons. The van der Waals surface area contributed by atoms with Crippen LogP contribution >= 0.6 is 11.6 Å². The molecule has 0 N–H and O–H groups in total. The molecule has 0 aromatic heterocycles. The van der Waals surface area contributed by atoms with E-state index in [1.165, 1.54) is 12.8 Å². The van der Waals surface area contributed by atoms with Crippen molar-refractivity contribution in [3.05, 3.63) is 12.2 Å². The number of rotatable bonds is 5. The Kier molecular flexibility index (Phi) is 5.53. The van der Waals surface area contributed by atoms with E-state index in [-0.39, 0.29) is 0 Å². The Morgan fingerprint density at radius 3 is 3.07 bits per heavy atom. The second-order valence-corrected chi connectivity index (χ2v) is 4.11. The van der Waals surface area contributed by atoms with Crippen LogP contribution in [0.5, 0.6) is 0 Å². The second kappa shape index (κ2) is 6.44. The van der Waals surface area contributed by atoms with Crippen LogP contribution in [-0.4, -0.2) is 43.1 Å². The first kappa shape index (κ1) is 12.0. The van der Waals surface area contributed by atoms with Gasteiger partial charge in [-0.2, -0.15) is 0 Å². The lowest BCUT2D eigenvalue weighted by molar-refractivity contribution is 0.00866. The molecule has 0 amide bonds. The molecule has 1 rings (SSSR count). The minimum absolute atomic E-state index is 0.414. The Labute approximate surface area is 91.9 Å². The molecule has 0 bridgehead atoms. The van der Waals surface area contributed by atoms with Gasteiger partial charge in [-0.25, -0.2) is 0 Å². The zero-order valence-electron chi connectivity index (χ0n) is 8.97. The number of nitrogens with zero attached hydrogens (tertiary/aromatic N) is 1. The van der Waals surface area contributed by atoms with Crippen molar-refractivity contribution in [2.24, 2.45) is 0 Å². The van der Waals surface area contributed by atoms with E-state index in [0.717, 1.165) is 31.8 Å². The monoisotopic (exact) mass is 217 g/mol. The smallest absolute Gasteiger partial charge is 0.0702 e. The summed E-state index contributed by atoms with van der Waals surface area (Å²) < 4.78 is 5.62. The summed E-state index contributed by atoms with van der Waals surface area (Å²) in [5.74, 6) is 0.565. The zero-order chi connectivity index (χ0) is 10.4. The second-order valence-electron chi connectivity index (χ2n) is 3.84. The first-order chi connectivity index (χ1) is 6.76. The first-order valence-electron chi connectivity index (χ1n) is 5.32. The maximum Gasteiger partial charge on any atom is 0.0702 e. The fraction of sp³-hybridized carbons (Fsp3) is 0.818. The Hall–Kier alpha value is -0.0500. The molecule has 0 aromatic rings. The van der Waals surface area contributed by atoms with Gasteiger partial charge in [0.1, 0.15) is 0 Å². The Morgan fingerprint density at radius 2 is 2.43 bits per heavy atom. The number of hydrogen-bond acceptors (Lipinski definition) is 2. The van der Waals surface area contributed by atoms with Crippen LogP contribution in [0, 0.1) is 0 Å². The molecule has 0 aromatic carbocycles. The van der Waals surface area contributed by atoms with Gasteiger partial charge in [0.25, 0.3) is 0 Å². The van der Waals surface area contributed by atoms with Crippen molar-refractivity contribution in [1.82, 2.24) is 4.90 Å². The van der Waals surface area contributed by atoms with Crippen LogP contribution in [-0.2, 0) is 4.74 Å². The van der Waals surface area contributed by atoms with Gasteiger partial charge in [-0.3, -0.25) is 4.90 Å². The molecule has 1 atom stereocenters. The average Bonchev–Trinajstić information content (AvgIpc) is 2.19. The van der Waals surface area contributed by atoms with Crippen molar-refractivity contribution in [3.63, 3.8) is 0 Å². The predicted molar refractivity (Wildman–Crippen MR) is 60.9 cm³/mol. The van der Waals surface area contributed by atoms with Crippen molar-refractivity contribution < 1.29 is 4.74 Å². The Bertz CT molecular complexity index is 182. The van der Waals surface area contributed by atoms with E-state index < -0.39 is 0 Å². The maximum atomic E-state index is 5.71. The lowest BCUT2D eigenvalue weighted by Crippen LogP contribution is -2.40. The topological polar surface area (TPSA) is 12.5 Å². The molecule has 0 radical (unpaired) electrons. The van der Waals surface area contributed by atoms with Gasteiger partial charge in [-0.15, -0.1) is 11.6 Å². The summed E-state index contributed by atoms with van der Waals surface area (Å²) in [5, 5.41) is 0. The number of hydrogen-bond donors (Lipinski definition) is 0. The summed E-state index contributed by atoms with van der Waals surface area (Å²) in [6.45, 7) is 9.90. The highest BCUT2D eigenvalue weighted by molar-refractivity contribution is 6.19. The standard InChI is InChI=1S/C11H20ClNO/c1-3-14-11-5-4-6-13(9-11)8-10(2)7-12/h11H,2-9H2,1H3. The molecule has 14 heavy (non-hydrogen) atoms. The van der Waals surface area contributed by atoms with Gasteiger partial charge in [0.2, 0.25) is 0 Å². The van der Waals surface area contributed by atoms with E-state index in [1.54, 1.807) is 0 Å². The maximum absolute atomic E-state index is 5.71. The zero-order valence-corrected chi connectivity index (χ0v) is 9.72. The fourth-order valence-corrected chi connectivity index (χ4v) is 1.97. The number of alkyl halides is 1. The highest BCUT2D eigenvalue weighted by atomic mass is 35.5. The SMILES string of the molecule is C=C(CCl)CN1CCCC(OCC)C1. The van der Waals surface area contributed by atoms with Gasteiger partial charge in [-0.05, 0) is 31.9 Å². The molecular formula is C11H20ClNO. The van der Waals surface area contributed by atoms with Crippen molar-refractivity contribution >= 4 is 11.6 Å². The lowest BCUT2D eigenvalue weighted by Gasteiger charge is -2.32. The average molecular weight is 218 g/mol. The van der Waals surface area contributed by atoms with Crippen LogP contribution in [0.15, 0.2) is 12.2 Å². The number of ether oxygens (including phenoxy) is 1. The van der Waals surface area contributed by atoms with E-state index in [2.05, 4.69) is 18.4 Å². The van der Waals surface area contributed by atoms with Gasteiger partial charge in [-0.1, -0.05) is 6.58 Å². The van der Waals surface area contributed by atoms with Crippen LogP contribution in [0.4, 0.5) is 0 Å². The predicted octanol–water partition coefficient (Wildman–Crippen LogP) is 2.28. The molecule has 1 fully saturated rings. The van der Waals surface area contributed by atoms with Crippen molar-refractivity contribution in [3.8, 4) is 0 Å². The lowest BCUT2D eigenvalue weighted by atomic mass is 10.1. The summed E-state index contributed by atoms with van der Waals surface area (Å²) in [6.07, 6.45) is 2.83.